The van der Waals surface area contributed by atoms with Gasteiger partial charge in [0.1, 0.15) is 17.2 Å². The third-order valence-corrected chi connectivity index (χ3v) is 3.27. The maximum absolute atomic E-state index is 12.6. The van der Waals surface area contributed by atoms with E-state index in [1.807, 2.05) is 0 Å². The molecule has 1 atom stereocenters. The summed E-state index contributed by atoms with van der Waals surface area (Å²) in [5, 5.41) is 2.25. The van der Waals surface area contributed by atoms with Gasteiger partial charge in [0.25, 0.3) is 5.79 Å². The van der Waals surface area contributed by atoms with Gasteiger partial charge in [0.05, 0.1) is 0 Å². The summed E-state index contributed by atoms with van der Waals surface area (Å²) in [7, 11) is 0. The number of cyclic esters (lactones) is 2. The molecule has 0 spiro atoms. The van der Waals surface area contributed by atoms with E-state index in [0.717, 1.165) is 0 Å². The number of carbonyl (C=O) groups excluding carboxylic acids is 5. The zero-order valence-electron chi connectivity index (χ0n) is 18.0. The molecule has 1 aliphatic rings. The Kier molecular flexibility index (Phi) is 7.05. The number of ether oxygens (including phenoxy) is 4. The van der Waals surface area contributed by atoms with E-state index in [9.17, 15) is 24.0 Å². The lowest BCUT2D eigenvalue weighted by Crippen LogP contribution is -2.52. The van der Waals surface area contributed by atoms with Crippen LogP contribution in [0.1, 0.15) is 61.8 Å². The van der Waals surface area contributed by atoms with Crippen LogP contribution in [0.15, 0.2) is 0 Å². The summed E-state index contributed by atoms with van der Waals surface area (Å²) in [6, 6.07) is -1.48. The average Bonchev–Trinajstić information content (AvgIpc) is 2.39. The number of esters is 3. The SMILES string of the molecule is CC(C)(C)OC(=O)N[C@@H](CC(=O)C1C(=O)OC(C)(C)OC1=O)C(=O)OC(C)(C)C. The van der Waals surface area contributed by atoms with Gasteiger partial charge in [-0.1, -0.05) is 0 Å². The van der Waals surface area contributed by atoms with Crippen LogP contribution in [0.2, 0.25) is 0 Å². The molecule has 164 valence electrons. The molecule has 0 bridgehead atoms. The fourth-order valence-corrected chi connectivity index (χ4v) is 2.32. The summed E-state index contributed by atoms with van der Waals surface area (Å²) < 4.78 is 20.1. The predicted molar refractivity (Wildman–Crippen MR) is 98.4 cm³/mol. The minimum atomic E-state index is -1.85. The summed E-state index contributed by atoms with van der Waals surface area (Å²) in [6.45, 7) is 12.4. The number of nitrogens with one attached hydrogen (secondary N) is 1. The molecular formula is C19H29NO9. The van der Waals surface area contributed by atoms with Gasteiger partial charge in [-0.15, -0.1) is 0 Å². The highest BCUT2D eigenvalue weighted by Crippen LogP contribution is 2.25. The van der Waals surface area contributed by atoms with Crippen LogP contribution >= 0.6 is 0 Å². The monoisotopic (exact) mass is 415 g/mol. The Morgan fingerprint density at radius 1 is 0.966 bits per heavy atom. The number of amides is 1. The average molecular weight is 415 g/mol. The molecule has 10 heteroatoms. The molecule has 1 heterocycles. The molecule has 0 aromatic rings. The molecule has 1 amide bonds. The van der Waals surface area contributed by atoms with Gasteiger partial charge >= 0.3 is 24.0 Å². The normalized spacial score (nSPS) is 18.2. The van der Waals surface area contributed by atoms with Crippen LogP contribution in [0.4, 0.5) is 4.79 Å². The van der Waals surface area contributed by atoms with Crippen LogP contribution in [0.5, 0.6) is 0 Å². The van der Waals surface area contributed by atoms with Crippen molar-refractivity contribution >= 4 is 29.8 Å². The van der Waals surface area contributed by atoms with Gasteiger partial charge < -0.3 is 24.3 Å². The first kappa shape index (κ1) is 24.4. The molecule has 29 heavy (non-hydrogen) atoms. The van der Waals surface area contributed by atoms with Crippen molar-refractivity contribution in [2.24, 2.45) is 5.92 Å². The first-order valence-corrected chi connectivity index (χ1v) is 9.11. The summed E-state index contributed by atoms with van der Waals surface area (Å²) in [5.74, 6) is -7.40. The van der Waals surface area contributed by atoms with Crippen LogP contribution < -0.4 is 5.32 Å². The maximum atomic E-state index is 12.6. The number of carbonyl (C=O) groups is 5. The molecule has 0 radical (unpaired) electrons. The van der Waals surface area contributed by atoms with Gasteiger partial charge in [0, 0.05) is 20.3 Å². The van der Waals surface area contributed by atoms with Crippen molar-refractivity contribution in [3.63, 3.8) is 0 Å². The van der Waals surface area contributed by atoms with Crippen LogP contribution in [-0.2, 0) is 38.1 Å². The zero-order valence-corrected chi connectivity index (χ0v) is 18.0. The highest BCUT2D eigenvalue weighted by atomic mass is 16.7. The largest absolute Gasteiger partial charge is 0.458 e. The smallest absolute Gasteiger partial charge is 0.408 e. The minimum Gasteiger partial charge on any atom is -0.458 e. The quantitative estimate of drug-likeness (QED) is 0.404. The maximum Gasteiger partial charge on any atom is 0.408 e. The Morgan fingerprint density at radius 2 is 1.41 bits per heavy atom. The fraction of sp³-hybridized carbons (Fsp3) is 0.737. The first-order chi connectivity index (χ1) is 12.9. The van der Waals surface area contributed by atoms with E-state index in [0.29, 0.717) is 0 Å². The fourth-order valence-electron chi connectivity index (χ4n) is 2.32. The summed E-state index contributed by atoms with van der Waals surface area (Å²) in [5.41, 5.74) is -1.75. The second-order valence-corrected chi connectivity index (χ2v) is 9.08. The van der Waals surface area contributed by atoms with Crippen LogP contribution in [0, 0.1) is 5.92 Å². The standard InChI is InChI=1S/C19H29NO9/c1-17(2,3)26-13(22)10(20-16(25)29-18(4,5)6)9-11(21)12-14(23)27-19(7,8)28-15(12)24/h10,12H,9H2,1-8H3,(H,20,25)/t10-/m0/s1. The Balaban J connectivity index is 2.99. The van der Waals surface area contributed by atoms with Gasteiger partial charge in [0.15, 0.2) is 5.78 Å². The Labute approximate surface area is 169 Å². The Hall–Kier alpha value is -2.65. The number of rotatable bonds is 5. The topological polar surface area (TPSA) is 134 Å². The summed E-state index contributed by atoms with van der Waals surface area (Å²) in [6.07, 6.45) is -1.65. The van der Waals surface area contributed by atoms with Crippen molar-refractivity contribution in [2.45, 2.75) is 84.8 Å². The molecule has 0 aromatic heterocycles. The van der Waals surface area contributed by atoms with Crippen molar-refractivity contribution < 1.29 is 42.9 Å². The van der Waals surface area contributed by atoms with Crippen molar-refractivity contribution in [1.29, 1.82) is 0 Å². The van der Waals surface area contributed by atoms with E-state index in [-0.39, 0.29) is 0 Å². The van der Waals surface area contributed by atoms with Crippen molar-refractivity contribution in [2.75, 3.05) is 0 Å². The van der Waals surface area contributed by atoms with E-state index >= 15 is 0 Å². The molecule has 0 unspecified atom stereocenters. The molecular weight excluding hydrogens is 386 g/mol. The van der Waals surface area contributed by atoms with Gasteiger partial charge in [-0.25, -0.2) is 9.59 Å². The Morgan fingerprint density at radius 3 is 1.83 bits per heavy atom. The molecule has 0 aliphatic carbocycles. The first-order valence-electron chi connectivity index (χ1n) is 9.11. The van der Waals surface area contributed by atoms with Crippen molar-refractivity contribution in [3.8, 4) is 0 Å². The van der Waals surface area contributed by atoms with Gasteiger partial charge in [0.2, 0.25) is 5.92 Å². The predicted octanol–water partition coefficient (Wildman–Crippen LogP) is 1.63. The molecule has 1 rings (SSSR count). The van der Waals surface area contributed by atoms with E-state index < -0.39 is 65.2 Å². The molecule has 1 aliphatic heterocycles. The van der Waals surface area contributed by atoms with Gasteiger partial charge in [-0.3, -0.25) is 14.4 Å². The number of ketones is 1. The second-order valence-electron chi connectivity index (χ2n) is 9.08. The molecule has 1 N–H and O–H groups in total. The van der Waals surface area contributed by atoms with Crippen molar-refractivity contribution in [3.05, 3.63) is 0 Å². The number of hydrogen-bond acceptors (Lipinski definition) is 9. The summed E-state index contributed by atoms with van der Waals surface area (Å²) >= 11 is 0. The molecule has 1 saturated heterocycles. The molecule has 10 nitrogen and oxygen atoms in total. The third-order valence-electron chi connectivity index (χ3n) is 3.27. The van der Waals surface area contributed by atoms with Gasteiger partial charge in [-0.2, -0.15) is 0 Å². The van der Waals surface area contributed by atoms with E-state index in [1.54, 1.807) is 41.5 Å². The molecule has 1 fully saturated rings. The molecule has 0 saturated carbocycles. The zero-order chi connectivity index (χ0) is 22.8. The van der Waals surface area contributed by atoms with Crippen LogP contribution in [-0.4, -0.2) is 52.8 Å². The minimum absolute atomic E-state index is 0.691. The van der Waals surface area contributed by atoms with Crippen LogP contribution in [0.25, 0.3) is 0 Å². The third kappa shape index (κ3) is 8.08. The van der Waals surface area contributed by atoms with Crippen molar-refractivity contribution in [1.82, 2.24) is 5.32 Å². The Bertz CT molecular complexity index is 677. The van der Waals surface area contributed by atoms with Crippen LogP contribution in [0.3, 0.4) is 0 Å². The van der Waals surface area contributed by atoms with E-state index in [1.165, 1.54) is 13.8 Å². The number of Topliss-reactive ketones (excluding diaryl/α,β-unsaturated/α-hetero) is 1. The lowest BCUT2D eigenvalue weighted by molar-refractivity contribution is -0.238. The lowest BCUT2D eigenvalue weighted by Gasteiger charge is -2.32. The second kappa shape index (κ2) is 8.38. The highest BCUT2D eigenvalue weighted by Gasteiger charge is 2.48. The van der Waals surface area contributed by atoms with E-state index in [2.05, 4.69) is 5.32 Å². The highest BCUT2D eigenvalue weighted by molar-refractivity contribution is 6.16. The number of alkyl carbamates (subject to hydrolysis) is 1. The van der Waals surface area contributed by atoms with Gasteiger partial charge in [-0.05, 0) is 41.5 Å². The lowest BCUT2D eigenvalue weighted by atomic mass is 9.97. The molecule has 0 aromatic carbocycles. The summed E-state index contributed by atoms with van der Waals surface area (Å²) in [4.78, 5) is 61.3. The number of hydrogen-bond donors (Lipinski definition) is 1. The van der Waals surface area contributed by atoms with E-state index in [4.69, 9.17) is 18.9 Å².